The minimum Gasteiger partial charge on any atom is -0.391 e. The van der Waals surface area contributed by atoms with Crippen molar-refractivity contribution in [2.24, 2.45) is 17.3 Å². The lowest BCUT2D eigenvalue weighted by Gasteiger charge is -2.50. The van der Waals surface area contributed by atoms with E-state index in [1.165, 1.54) is 27.7 Å². The summed E-state index contributed by atoms with van der Waals surface area (Å²) in [7, 11) is 4.14. The molecule has 2 aromatic rings. The van der Waals surface area contributed by atoms with Crippen molar-refractivity contribution in [2.75, 3.05) is 14.1 Å². The van der Waals surface area contributed by atoms with Crippen LogP contribution < -0.4 is 0 Å². The summed E-state index contributed by atoms with van der Waals surface area (Å²) >= 11 is 0. The molecule has 184 valence electrons. The second-order valence-corrected chi connectivity index (χ2v) is 12.0. The number of allylic oxidation sites excluding steroid dienone is 3. The van der Waals surface area contributed by atoms with Crippen molar-refractivity contribution in [1.29, 1.82) is 0 Å². The van der Waals surface area contributed by atoms with Crippen LogP contribution in [-0.2, 0) is 0 Å². The number of hydrogen-bond donors (Lipinski definition) is 2. The minimum absolute atomic E-state index is 0.112. The number of aliphatic hydroxyl groups excluding tert-OH is 1. The molecule has 0 saturated heterocycles. The maximum atomic E-state index is 12.5. The number of pyridine rings is 1. The zero-order valence-electron chi connectivity index (χ0n) is 21.5. The van der Waals surface area contributed by atoms with Gasteiger partial charge in [-0.15, -0.1) is 0 Å². The van der Waals surface area contributed by atoms with Crippen LogP contribution in [0.3, 0.4) is 0 Å². The van der Waals surface area contributed by atoms with E-state index < -0.39 is 5.60 Å². The van der Waals surface area contributed by atoms with Gasteiger partial charge in [-0.25, -0.2) is 0 Å². The van der Waals surface area contributed by atoms with E-state index in [2.05, 4.69) is 74.2 Å². The topological polar surface area (TPSA) is 56.6 Å². The highest BCUT2D eigenvalue weighted by molar-refractivity contribution is 5.95. The summed E-state index contributed by atoms with van der Waals surface area (Å²) in [5, 5.41) is 25.8. The first-order chi connectivity index (χ1) is 16.7. The van der Waals surface area contributed by atoms with Crippen LogP contribution in [-0.4, -0.2) is 51.9 Å². The van der Waals surface area contributed by atoms with Crippen molar-refractivity contribution in [2.45, 2.75) is 70.1 Å². The summed E-state index contributed by atoms with van der Waals surface area (Å²) in [6.45, 7) is 4.61. The number of hydrogen-bond acceptors (Lipinski definition) is 4. The molecule has 35 heavy (non-hydrogen) atoms. The molecule has 1 aromatic carbocycles. The Kier molecular flexibility index (Phi) is 5.37. The van der Waals surface area contributed by atoms with Crippen molar-refractivity contribution < 1.29 is 10.2 Å². The normalized spacial score (nSPS) is 36.9. The first-order valence-corrected chi connectivity index (χ1v) is 13.2. The first kappa shape index (κ1) is 23.1. The molecule has 4 aliphatic carbocycles. The molecule has 1 heterocycles. The maximum absolute atomic E-state index is 12.5. The second kappa shape index (κ2) is 8.12. The van der Waals surface area contributed by atoms with Gasteiger partial charge in [-0.3, -0.25) is 4.98 Å². The predicted octanol–water partition coefficient (Wildman–Crippen LogP) is 5.52. The smallest absolute Gasteiger partial charge is 0.0935 e. The Morgan fingerprint density at radius 3 is 2.80 bits per heavy atom. The Hall–Kier alpha value is -2.27. The first-order valence-electron chi connectivity index (χ1n) is 13.2. The maximum Gasteiger partial charge on any atom is 0.0935 e. The van der Waals surface area contributed by atoms with Crippen molar-refractivity contribution in [3.05, 3.63) is 71.1 Å². The minimum atomic E-state index is -0.829. The monoisotopic (exact) mass is 470 g/mol. The average Bonchev–Trinajstić information content (AvgIpc) is 3.09. The van der Waals surface area contributed by atoms with Gasteiger partial charge in [0.2, 0.25) is 0 Å². The molecule has 0 aliphatic heterocycles. The van der Waals surface area contributed by atoms with Gasteiger partial charge in [0.05, 0.1) is 11.7 Å². The van der Waals surface area contributed by atoms with E-state index in [1.54, 1.807) is 0 Å². The van der Waals surface area contributed by atoms with Crippen LogP contribution in [0, 0.1) is 17.3 Å². The van der Waals surface area contributed by atoms with Gasteiger partial charge in [0.1, 0.15) is 0 Å². The van der Waals surface area contributed by atoms with E-state index in [9.17, 15) is 10.2 Å². The molecule has 4 nitrogen and oxygen atoms in total. The Morgan fingerprint density at radius 2 is 2.00 bits per heavy atom. The highest BCUT2D eigenvalue weighted by Crippen LogP contribution is 2.63. The van der Waals surface area contributed by atoms with Gasteiger partial charge in [0, 0.05) is 35.2 Å². The molecule has 0 bridgehead atoms. The summed E-state index contributed by atoms with van der Waals surface area (Å²) in [5.74, 6) is 0.596. The van der Waals surface area contributed by atoms with Crippen LogP contribution in [0.2, 0.25) is 0 Å². The van der Waals surface area contributed by atoms with Crippen molar-refractivity contribution in [3.8, 4) is 0 Å². The molecule has 4 heteroatoms. The number of fused-ring (bicyclic) bond motifs is 5. The molecule has 4 aliphatic rings. The third-order valence-electron chi connectivity index (χ3n) is 9.85. The molecule has 1 aromatic heterocycles. The lowest BCUT2D eigenvalue weighted by Crippen LogP contribution is -2.49. The van der Waals surface area contributed by atoms with Gasteiger partial charge in [-0.1, -0.05) is 48.4 Å². The van der Waals surface area contributed by atoms with E-state index in [0.29, 0.717) is 5.92 Å². The van der Waals surface area contributed by atoms with Gasteiger partial charge < -0.3 is 15.1 Å². The van der Waals surface area contributed by atoms with E-state index in [-0.39, 0.29) is 23.5 Å². The molecule has 1 saturated carbocycles. The molecule has 6 atom stereocenters. The number of likely N-dealkylation sites (N-methyl/N-ethyl adjacent to an activating group) is 1. The number of aliphatic hydroxyl groups is 2. The standard InChI is InChI=1S/C31H38N2O2/c1-19-17-30(2)25(24-7-5-6-21-18-32-13-11-23(21)24)8-9-29(30)31(35)12-10-20-15-27(33(3)4)28(34)16-22(20)14-26(19)31/h5-8,11,13-14,18,20,27-29,34-35H,9-10,12,15-17H2,1-4H3/t20?,27-,28?,29?,30?,31+/m0/s1. The Bertz CT molecular complexity index is 1270. The number of nitrogens with zero attached hydrogens (tertiary/aromatic N) is 2. The zero-order valence-corrected chi connectivity index (χ0v) is 21.5. The summed E-state index contributed by atoms with van der Waals surface area (Å²) in [5.41, 5.74) is 5.51. The average molecular weight is 471 g/mol. The van der Waals surface area contributed by atoms with Gasteiger partial charge in [0.25, 0.3) is 0 Å². The lowest BCUT2D eigenvalue weighted by atomic mass is 9.56. The fourth-order valence-electron chi connectivity index (χ4n) is 8.15. The fraction of sp³-hybridized carbons (Fsp3) is 0.516. The fourth-order valence-corrected chi connectivity index (χ4v) is 8.15. The van der Waals surface area contributed by atoms with E-state index in [0.717, 1.165) is 49.5 Å². The highest BCUT2D eigenvalue weighted by atomic mass is 16.3. The molecule has 6 rings (SSSR count). The summed E-state index contributed by atoms with van der Waals surface area (Å²) in [6, 6.07) is 8.82. The van der Waals surface area contributed by atoms with Gasteiger partial charge in [-0.05, 0) is 93.6 Å². The largest absolute Gasteiger partial charge is 0.391 e. The number of aromatic nitrogens is 1. The quantitative estimate of drug-likeness (QED) is 0.607. The van der Waals surface area contributed by atoms with Crippen LogP contribution in [0.25, 0.3) is 16.3 Å². The second-order valence-electron chi connectivity index (χ2n) is 12.0. The zero-order chi connectivity index (χ0) is 24.5. The molecule has 2 N–H and O–H groups in total. The van der Waals surface area contributed by atoms with Crippen LogP contribution in [0.5, 0.6) is 0 Å². The van der Waals surface area contributed by atoms with Gasteiger partial charge in [-0.2, -0.15) is 0 Å². The van der Waals surface area contributed by atoms with Crippen molar-refractivity contribution in [1.82, 2.24) is 9.88 Å². The SMILES string of the molecule is CC1=C2C=C3CC(O)[C@@H](N(C)C)CC3CC[C@]2(O)C2CC=C(c3cccc4cnccc34)C2(C)C1. The highest BCUT2D eigenvalue weighted by Gasteiger charge is 2.57. The summed E-state index contributed by atoms with van der Waals surface area (Å²) in [6.07, 6.45) is 13.5. The Labute approximate surface area is 209 Å². The van der Waals surface area contributed by atoms with Crippen LogP contribution in [0.4, 0.5) is 0 Å². The molecule has 1 fully saturated rings. The van der Waals surface area contributed by atoms with Crippen molar-refractivity contribution >= 4 is 16.3 Å². The molecule has 4 unspecified atom stereocenters. The van der Waals surface area contributed by atoms with Gasteiger partial charge in [0.15, 0.2) is 0 Å². The number of rotatable bonds is 2. The van der Waals surface area contributed by atoms with E-state index >= 15 is 0 Å². The van der Waals surface area contributed by atoms with Crippen LogP contribution in [0.1, 0.15) is 57.9 Å². The molecule has 0 amide bonds. The Morgan fingerprint density at radius 1 is 1.17 bits per heavy atom. The molecular weight excluding hydrogens is 432 g/mol. The summed E-state index contributed by atoms with van der Waals surface area (Å²) < 4.78 is 0. The van der Waals surface area contributed by atoms with Gasteiger partial charge >= 0.3 is 0 Å². The van der Waals surface area contributed by atoms with E-state index in [4.69, 9.17) is 0 Å². The third-order valence-corrected chi connectivity index (χ3v) is 9.85. The molecular formula is C31H38N2O2. The number of benzene rings is 1. The molecule has 0 radical (unpaired) electrons. The van der Waals surface area contributed by atoms with E-state index in [1.807, 2.05) is 12.4 Å². The third kappa shape index (κ3) is 3.41. The van der Waals surface area contributed by atoms with Crippen molar-refractivity contribution in [3.63, 3.8) is 0 Å². The van der Waals surface area contributed by atoms with Crippen LogP contribution in [0.15, 0.2) is 65.5 Å². The lowest BCUT2D eigenvalue weighted by molar-refractivity contribution is -0.0363. The Balaban J connectivity index is 1.40. The summed E-state index contributed by atoms with van der Waals surface area (Å²) in [4.78, 5) is 6.50. The predicted molar refractivity (Wildman–Crippen MR) is 142 cm³/mol. The molecule has 0 spiro atoms. The van der Waals surface area contributed by atoms with Crippen LogP contribution >= 0.6 is 0 Å².